The lowest BCUT2D eigenvalue weighted by molar-refractivity contribution is -0.117. The smallest absolute Gasteiger partial charge is 0.326 e. The molecule has 2 aliphatic heterocycles. The molecule has 0 radical (unpaired) electrons. The maximum Gasteiger partial charge on any atom is 0.326 e. The molecule has 2 heterocycles. The van der Waals surface area contributed by atoms with Crippen molar-refractivity contribution in [2.45, 2.75) is 37.5 Å². The Morgan fingerprint density at radius 1 is 1.30 bits per heavy atom. The van der Waals surface area contributed by atoms with Crippen LogP contribution in [-0.2, 0) is 31.6 Å². The van der Waals surface area contributed by atoms with Crippen LogP contribution in [-0.4, -0.2) is 50.5 Å². The molecule has 10 nitrogen and oxygen atoms in total. The van der Waals surface area contributed by atoms with Gasteiger partial charge in [0.1, 0.15) is 18.0 Å². The molecule has 30 heavy (non-hydrogen) atoms. The summed E-state index contributed by atoms with van der Waals surface area (Å²) in [5.41, 5.74) is 0.398. The second-order valence-electron chi connectivity index (χ2n) is 7.45. The zero-order valence-electron chi connectivity index (χ0n) is 15.8. The van der Waals surface area contributed by atoms with Gasteiger partial charge in [-0.05, 0) is 43.4 Å². The minimum Gasteiger partial charge on any atom is -0.506 e. The minimum atomic E-state index is -4.25. The Hall–Kier alpha value is -2.54. The standard InChI is InChI=1S/C17H21FN4O6S2/c18-14-6-11(7-15(23)17(14)22-10-16(24)20-30(22,27)28)8-19-12-2-1-5-21(9-12)29(25,26)13-3-4-13/h6-7,9,13,19,23H,1-5,8,10H2,(H,20,24). The Morgan fingerprint density at radius 3 is 2.63 bits per heavy atom. The van der Waals surface area contributed by atoms with Crippen molar-refractivity contribution in [1.29, 1.82) is 0 Å². The highest BCUT2D eigenvalue weighted by atomic mass is 32.2. The molecule has 1 saturated carbocycles. The molecule has 4 rings (SSSR count). The Balaban J connectivity index is 1.49. The molecule has 13 heteroatoms. The Labute approximate surface area is 173 Å². The molecule has 1 aromatic rings. The van der Waals surface area contributed by atoms with Gasteiger partial charge in [-0.1, -0.05) is 0 Å². The van der Waals surface area contributed by atoms with Crippen molar-refractivity contribution in [2.75, 3.05) is 17.4 Å². The van der Waals surface area contributed by atoms with Crippen LogP contribution in [0.15, 0.2) is 24.0 Å². The van der Waals surface area contributed by atoms with Crippen molar-refractivity contribution >= 4 is 31.8 Å². The Bertz CT molecular complexity index is 1110. The first kappa shape index (κ1) is 20.7. The molecule has 1 saturated heterocycles. The summed E-state index contributed by atoms with van der Waals surface area (Å²) in [5, 5.41) is 12.9. The zero-order valence-corrected chi connectivity index (χ0v) is 17.5. The molecule has 0 spiro atoms. The molecule has 0 unspecified atom stereocenters. The number of rotatable bonds is 6. The number of halogens is 1. The number of phenolic OH excluding ortho intramolecular Hbond substituents is 1. The summed E-state index contributed by atoms with van der Waals surface area (Å²) in [5.74, 6) is -2.45. The summed E-state index contributed by atoms with van der Waals surface area (Å²) in [6.07, 6.45) is 4.18. The summed E-state index contributed by atoms with van der Waals surface area (Å²) in [4.78, 5) is 11.4. The van der Waals surface area contributed by atoms with E-state index in [9.17, 15) is 31.1 Å². The summed E-state index contributed by atoms with van der Waals surface area (Å²) in [6.45, 7) is -0.106. The molecule has 0 atom stereocenters. The number of nitrogens with one attached hydrogen (secondary N) is 2. The van der Waals surface area contributed by atoms with Crippen LogP contribution in [0.3, 0.4) is 0 Å². The van der Waals surface area contributed by atoms with E-state index in [4.69, 9.17) is 0 Å². The van der Waals surface area contributed by atoms with Crippen molar-refractivity contribution in [2.24, 2.45) is 0 Å². The highest BCUT2D eigenvalue weighted by Crippen LogP contribution is 2.35. The predicted octanol–water partition coefficient (Wildman–Crippen LogP) is 0.231. The van der Waals surface area contributed by atoms with Gasteiger partial charge >= 0.3 is 10.2 Å². The number of aromatic hydroxyl groups is 1. The fraction of sp³-hybridized carbons (Fsp3) is 0.471. The first-order valence-electron chi connectivity index (χ1n) is 9.38. The molecular weight excluding hydrogens is 439 g/mol. The van der Waals surface area contributed by atoms with Gasteiger partial charge in [-0.15, -0.1) is 0 Å². The Morgan fingerprint density at radius 2 is 2.03 bits per heavy atom. The van der Waals surface area contributed by atoms with E-state index in [0.29, 0.717) is 47.8 Å². The van der Waals surface area contributed by atoms with Gasteiger partial charge < -0.3 is 10.4 Å². The molecule has 2 fully saturated rings. The number of nitrogens with zero attached hydrogens (tertiary/aromatic N) is 2. The highest BCUT2D eigenvalue weighted by Gasteiger charge is 2.40. The van der Waals surface area contributed by atoms with E-state index in [1.165, 1.54) is 10.4 Å². The van der Waals surface area contributed by atoms with Crippen LogP contribution in [0.25, 0.3) is 0 Å². The molecule has 0 aromatic heterocycles. The molecule has 1 aromatic carbocycles. The van der Waals surface area contributed by atoms with Crippen LogP contribution >= 0.6 is 0 Å². The maximum absolute atomic E-state index is 14.6. The van der Waals surface area contributed by atoms with Gasteiger partial charge in [0.25, 0.3) is 5.91 Å². The van der Waals surface area contributed by atoms with Gasteiger partial charge in [0.2, 0.25) is 10.0 Å². The minimum absolute atomic E-state index is 0.0951. The van der Waals surface area contributed by atoms with Gasteiger partial charge in [0.15, 0.2) is 5.82 Å². The fourth-order valence-corrected chi connectivity index (χ4v) is 6.41. The number of hydrogen-bond acceptors (Lipinski definition) is 7. The van der Waals surface area contributed by atoms with Crippen LogP contribution in [0.2, 0.25) is 0 Å². The number of phenols is 1. The number of benzene rings is 1. The second kappa shape index (κ2) is 7.30. The zero-order chi connectivity index (χ0) is 21.7. The van der Waals surface area contributed by atoms with Crippen molar-refractivity contribution in [1.82, 2.24) is 14.3 Å². The number of carbonyl (C=O) groups is 1. The first-order chi connectivity index (χ1) is 14.1. The SMILES string of the molecule is O=C1CN(c2c(O)cc(CNC3=CN(S(=O)(=O)C4CC4)CCC3)cc2F)S(=O)(=O)N1. The normalized spacial score (nSPS) is 21.4. The second-order valence-corrected chi connectivity index (χ2v) is 11.2. The van der Waals surface area contributed by atoms with Gasteiger partial charge in [-0.2, -0.15) is 8.42 Å². The molecule has 164 valence electrons. The average Bonchev–Trinajstić information content (AvgIpc) is 3.47. The molecule has 3 N–H and O–H groups in total. The monoisotopic (exact) mass is 460 g/mol. The van der Waals surface area contributed by atoms with Gasteiger partial charge in [0.05, 0.1) is 5.25 Å². The molecule has 3 aliphatic rings. The van der Waals surface area contributed by atoms with Gasteiger partial charge in [-0.25, -0.2) is 21.8 Å². The third kappa shape index (κ3) is 3.90. The summed E-state index contributed by atoms with van der Waals surface area (Å²) in [7, 11) is -7.58. The third-order valence-electron chi connectivity index (χ3n) is 5.09. The maximum atomic E-state index is 14.6. The average molecular weight is 461 g/mol. The number of sulfonamides is 1. The molecule has 1 amide bonds. The van der Waals surface area contributed by atoms with Crippen molar-refractivity contribution in [3.63, 3.8) is 0 Å². The number of amides is 1. The third-order valence-corrected chi connectivity index (χ3v) is 8.72. The van der Waals surface area contributed by atoms with Gasteiger partial charge in [0, 0.05) is 25.0 Å². The van der Waals surface area contributed by atoms with Crippen molar-refractivity contribution in [3.05, 3.63) is 35.4 Å². The first-order valence-corrected chi connectivity index (χ1v) is 12.3. The fourth-order valence-electron chi connectivity index (χ4n) is 3.47. The van der Waals surface area contributed by atoms with E-state index >= 15 is 0 Å². The summed E-state index contributed by atoms with van der Waals surface area (Å²) >= 11 is 0. The summed E-state index contributed by atoms with van der Waals surface area (Å²) in [6, 6.07) is 2.26. The van der Waals surface area contributed by atoms with Gasteiger partial charge in [-0.3, -0.25) is 9.10 Å². The lowest BCUT2D eigenvalue weighted by Crippen LogP contribution is -2.34. The van der Waals surface area contributed by atoms with E-state index in [0.717, 1.165) is 6.07 Å². The van der Waals surface area contributed by atoms with Crippen LogP contribution in [0.4, 0.5) is 10.1 Å². The molecular formula is C17H21FN4O6S2. The largest absolute Gasteiger partial charge is 0.506 e. The molecule has 0 bridgehead atoms. The number of carbonyl (C=O) groups excluding carboxylic acids is 1. The van der Waals surface area contributed by atoms with E-state index in [-0.39, 0.29) is 11.8 Å². The highest BCUT2D eigenvalue weighted by molar-refractivity contribution is 7.92. The predicted molar refractivity (Wildman–Crippen MR) is 105 cm³/mol. The Kier molecular flexibility index (Phi) is 5.04. The van der Waals surface area contributed by atoms with E-state index in [2.05, 4.69) is 5.32 Å². The topological polar surface area (TPSA) is 136 Å². The lowest BCUT2D eigenvalue weighted by atomic mass is 10.1. The number of allylic oxidation sites excluding steroid dienone is 1. The van der Waals surface area contributed by atoms with E-state index < -0.39 is 49.9 Å². The number of anilines is 1. The summed E-state index contributed by atoms with van der Waals surface area (Å²) < 4.78 is 66.7. The number of hydrogen-bond donors (Lipinski definition) is 3. The van der Waals surface area contributed by atoms with Crippen molar-refractivity contribution < 1.29 is 31.1 Å². The quantitative estimate of drug-likeness (QED) is 0.553. The van der Waals surface area contributed by atoms with Crippen molar-refractivity contribution in [3.8, 4) is 5.75 Å². The molecule has 1 aliphatic carbocycles. The lowest BCUT2D eigenvalue weighted by Gasteiger charge is -2.27. The van der Waals surface area contributed by atoms with Crippen LogP contribution in [0.5, 0.6) is 5.75 Å². The van der Waals surface area contributed by atoms with E-state index in [1.54, 1.807) is 10.9 Å². The van der Waals surface area contributed by atoms with Crippen LogP contribution < -0.4 is 14.3 Å². The van der Waals surface area contributed by atoms with Crippen LogP contribution in [0, 0.1) is 5.82 Å². The van der Waals surface area contributed by atoms with Crippen LogP contribution in [0.1, 0.15) is 31.2 Å². The van der Waals surface area contributed by atoms with E-state index in [1.807, 2.05) is 0 Å².